The third kappa shape index (κ3) is 2.88. The zero-order valence-electron chi connectivity index (χ0n) is 12.6. The van der Waals surface area contributed by atoms with Gasteiger partial charge in [-0.25, -0.2) is 22.2 Å². The van der Waals surface area contributed by atoms with Gasteiger partial charge in [-0.2, -0.15) is 4.31 Å². The fraction of sp³-hybridized carbons (Fsp3) is 0.400. The Morgan fingerprint density at radius 3 is 2.74 bits per heavy atom. The first-order chi connectivity index (χ1) is 10.9. The number of H-pyrrole nitrogens is 1. The lowest BCUT2D eigenvalue weighted by atomic mass is 10.0. The van der Waals surface area contributed by atoms with Crippen LogP contribution in [0.3, 0.4) is 0 Å². The monoisotopic (exact) mass is 341 g/mol. The van der Waals surface area contributed by atoms with Crippen LogP contribution in [0.25, 0.3) is 0 Å². The summed E-state index contributed by atoms with van der Waals surface area (Å²) in [5, 5.41) is 0. The van der Waals surface area contributed by atoms with Gasteiger partial charge in [-0.15, -0.1) is 0 Å². The Hall–Kier alpha value is -1.80. The molecule has 1 aliphatic rings. The molecule has 2 aromatic rings. The molecule has 1 saturated heterocycles. The van der Waals surface area contributed by atoms with E-state index in [9.17, 15) is 17.2 Å². The van der Waals surface area contributed by atoms with E-state index in [2.05, 4.69) is 9.97 Å². The number of benzene rings is 1. The second-order valence-electron chi connectivity index (χ2n) is 5.63. The summed E-state index contributed by atoms with van der Waals surface area (Å²) >= 11 is 0. The average molecular weight is 341 g/mol. The number of aryl methyl sites for hydroxylation is 1. The zero-order chi connectivity index (χ0) is 16.6. The van der Waals surface area contributed by atoms with Crippen molar-refractivity contribution in [2.24, 2.45) is 0 Å². The van der Waals surface area contributed by atoms with Crippen molar-refractivity contribution in [2.45, 2.75) is 37.1 Å². The molecular weight excluding hydrogens is 324 g/mol. The standard InChI is InChI=1S/C15H17F2N3O2S/c1-10-8-14(12(17)9-11(10)16)23(21,22)20-7-3-2-4-13(20)15-18-5-6-19-15/h5-6,8-9,13H,2-4,7H2,1H3,(H,18,19). The van der Waals surface area contributed by atoms with Crippen LogP contribution >= 0.6 is 0 Å². The van der Waals surface area contributed by atoms with Gasteiger partial charge in [-0.05, 0) is 31.4 Å². The SMILES string of the molecule is Cc1cc(S(=O)(=O)N2CCCCC2c2ncc[nH]2)c(F)cc1F. The van der Waals surface area contributed by atoms with Crippen molar-refractivity contribution in [1.29, 1.82) is 0 Å². The molecule has 0 spiro atoms. The maximum atomic E-state index is 14.1. The van der Waals surface area contributed by atoms with E-state index < -0.39 is 32.6 Å². The Morgan fingerprint density at radius 2 is 2.04 bits per heavy atom. The molecule has 1 aromatic carbocycles. The summed E-state index contributed by atoms with van der Waals surface area (Å²) < 4.78 is 54.6. The minimum Gasteiger partial charge on any atom is -0.347 e. The van der Waals surface area contributed by atoms with Crippen LogP contribution in [0.5, 0.6) is 0 Å². The molecule has 124 valence electrons. The largest absolute Gasteiger partial charge is 0.347 e. The maximum absolute atomic E-state index is 14.1. The Bertz CT molecular complexity index is 806. The first-order valence-electron chi connectivity index (χ1n) is 7.38. The van der Waals surface area contributed by atoms with Crippen LogP contribution < -0.4 is 0 Å². The molecule has 1 aliphatic heterocycles. The summed E-state index contributed by atoms with van der Waals surface area (Å²) in [6.45, 7) is 1.69. The van der Waals surface area contributed by atoms with E-state index in [1.165, 1.54) is 11.2 Å². The fourth-order valence-electron chi connectivity index (χ4n) is 2.88. The normalized spacial score (nSPS) is 19.9. The fourth-order valence-corrected chi connectivity index (χ4v) is 4.67. The van der Waals surface area contributed by atoms with Crippen LogP contribution in [0.1, 0.15) is 36.7 Å². The minimum atomic E-state index is -4.08. The molecule has 1 fully saturated rings. The van der Waals surface area contributed by atoms with Gasteiger partial charge < -0.3 is 4.98 Å². The van der Waals surface area contributed by atoms with E-state index in [0.717, 1.165) is 12.5 Å². The Labute approximate surface area is 133 Å². The summed E-state index contributed by atoms with van der Waals surface area (Å²) in [5.74, 6) is -1.30. The highest BCUT2D eigenvalue weighted by Crippen LogP contribution is 2.35. The van der Waals surface area contributed by atoms with Gasteiger partial charge in [-0.3, -0.25) is 0 Å². The first kappa shape index (κ1) is 16.1. The number of aromatic amines is 1. The molecule has 0 amide bonds. The van der Waals surface area contributed by atoms with Crippen LogP contribution in [-0.2, 0) is 10.0 Å². The number of nitrogens with one attached hydrogen (secondary N) is 1. The van der Waals surface area contributed by atoms with E-state index in [-0.39, 0.29) is 12.1 Å². The molecule has 2 heterocycles. The van der Waals surface area contributed by atoms with Gasteiger partial charge in [0, 0.05) is 25.0 Å². The molecule has 0 aliphatic carbocycles. The third-order valence-corrected chi connectivity index (χ3v) is 6.01. The van der Waals surface area contributed by atoms with Crippen LogP contribution in [0.2, 0.25) is 0 Å². The van der Waals surface area contributed by atoms with Crippen molar-refractivity contribution < 1.29 is 17.2 Å². The molecular formula is C15H17F2N3O2S. The summed E-state index contributed by atoms with van der Waals surface area (Å²) in [6, 6.07) is 1.20. The number of halogens is 2. The minimum absolute atomic E-state index is 0.0940. The van der Waals surface area contributed by atoms with E-state index >= 15 is 0 Å². The second-order valence-corrected chi connectivity index (χ2v) is 7.49. The molecule has 0 bridgehead atoms. The lowest BCUT2D eigenvalue weighted by Crippen LogP contribution is -2.39. The number of hydrogen-bond acceptors (Lipinski definition) is 3. The summed E-state index contributed by atoms with van der Waals surface area (Å²) in [6.07, 6.45) is 5.34. The van der Waals surface area contributed by atoms with Gasteiger partial charge in [0.2, 0.25) is 10.0 Å². The van der Waals surface area contributed by atoms with E-state index in [4.69, 9.17) is 0 Å². The highest BCUT2D eigenvalue weighted by atomic mass is 32.2. The molecule has 1 unspecified atom stereocenters. The van der Waals surface area contributed by atoms with Gasteiger partial charge in [0.15, 0.2) is 0 Å². The lowest BCUT2D eigenvalue weighted by Gasteiger charge is -2.33. The lowest BCUT2D eigenvalue weighted by molar-refractivity contribution is 0.247. The van der Waals surface area contributed by atoms with Gasteiger partial charge in [0.1, 0.15) is 22.4 Å². The van der Waals surface area contributed by atoms with E-state index in [0.29, 0.717) is 24.7 Å². The highest BCUT2D eigenvalue weighted by Gasteiger charge is 2.37. The molecule has 1 aromatic heterocycles. The Morgan fingerprint density at radius 1 is 1.26 bits per heavy atom. The topological polar surface area (TPSA) is 66.1 Å². The summed E-state index contributed by atoms with van der Waals surface area (Å²) in [7, 11) is -4.08. The number of sulfonamides is 1. The zero-order valence-corrected chi connectivity index (χ0v) is 13.4. The van der Waals surface area contributed by atoms with Gasteiger partial charge >= 0.3 is 0 Å². The molecule has 23 heavy (non-hydrogen) atoms. The molecule has 5 nitrogen and oxygen atoms in total. The summed E-state index contributed by atoms with van der Waals surface area (Å²) in [5.41, 5.74) is 0.0940. The maximum Gasteiger partial charge on any atom is 0.246 e. The van der Waals surface area contributed by atoms with Crippen molar-refractivity contribution in [3.63, 3.8) is 0 Å². The third-order valence-electron chi connectivity index (χ3n) is 4.09. The molecule has 1 N–H and O–H groups in total. The van der Waals surface area contributed by atoms with Crippen molar-refractivity contribution in [3.8, 4) is 0 Å². The van der Waals surface area contributed by atoms with E-state index in [1.807, 2.05) is 0 Å². The number of nitrogens with zero attached hydrogens (tertiary/aromatic N) is 2. The number of piperidine rings is 1. The first-order valence-corrected chi connectivity index (χ1v) is 8.82. The second kappa shape index (κ2) is 6.01. The van der Waals surface area contributed by atoms with Crippen LogP contribution in [0, 0.1) is 18.6 Å². The van der Waals surface area contributed by atoms with Gasteiger partial charge in [0.25, 0.3) is 0 Å². The predicted molar refractivity (Wildman–Crippen MR) is 80.2 cm³/mol. The van der Waals surface area contributed by atoms with Crippen molar-refractivity contribution in [3.05, 3.63) is 47.5 Å². The Balaban J connectivity index is 2.05. The quantitative estimate of drug-likeness (QED) is 0.933. The molecule has 3 rings (SSSR count). The van der Waals surface area contributed by atoms with Crippen LogP contribution in [0.15, 0.2) is 29.4 Å². The van der Waals surface area contributed by atoms with E-state index in [1.54, 1.807) is 12.4 Å². The Kier molecular flexibility index (Phi) is 4.20. The number of aromatic nitrogens is 2. The molecule has 8 heteroatoms. The van der Waals surface area contributed by atoms with Crippen LogP contribution in [0.4, 0.5) is 8.78 Å². The number of rotatable bonds is 3. The van der Waals surface area contributed by atoms with Crippen LogP contribution in [-0.4, -0.2) is 29.2 Å². The molecule has 0 radical (unpaired) electrons. The smallest absolute Gasteiger partial charge is 0.246 e. The summed E-state index contributed by atoms with van der Waals surface area (Å²) in [4.78, 5) is 6.57. The highest BCUT2D eigenvalue weighted by molar-refractivity contribution is 7.89. The molecule has 1 atom stereocenters. The predicted octanol–water partition coefficient (Wildman–Crippen LogP) is 2.91. The average Bonchev–Trinajstić information content (AvgIpc) is 3.05. The van der Waals surface area contributed by atoms with Crippen molar-refractivity contribution in [2.75, 3.05) is 6.54 Å². The van der Waals surface area contributed by atoms with Gasteiger partial charge in [0.05, 0.1) is 6.04 Å². The molecule has 0 saturated carbocycles. The van der Waals surface area contributed by atoms with Crippen molar-refractivity contribution in [1.82, 2.24) is 14.3 Å². The van der Waals surface area contributed by atoms with Crippen molar-refractivity contribution >= 4 is 10.0 Å². The number of hydrogen-bond donors (Lipinski definition) is 1. The van der Waals surface area contributed by atoms with Gasteiger partial charge in [-0.1, -0.05) is 6.42 Å². The number of imidazole rings is 1.